The van der Waals surface area contributed by atoms with Crippen LogP contribution in [0.4, 0.5) is 4.79 Å². The molecule has 28 heavy (non-hydrogen) atoms. The fraction of sp³-hybridized carbons (Fsp3) is 0.571. The van der Waals surface area contributed by atoms with E-state index in [1.807, 2.05) is 30.3 Å². The van der Waals surface area contributed by atoms with Crippen LogP contribution in [0.3, 0.4) is 0 Å². The average molecular weight is 392 g/mol. The van der Waals surface area contributed by atoms with E-state index in [0.29, 0.717) is 19.6 Å². The quantitative estimate of drug-likeness (QED) is 0.630. The van der Waals surface area contributed by atoms with E-state index in [2.05, 4.69) is 10.6 Å². The van der Waals surface area contributed by atoms with Gasteiger partial charge in [-0.25, -0.2) is 4.79 Å². The number of amides is 2. The Balaban J connectivity index is 2.53. The van der Waals surface area contributed by atoms with Gasteiger partial charge in [-0.05, 0) is 53.5 Å². The predicted molar refractivity (Wildman–Crippen MR) is 107 cm³/mol. The highest BCUT2D eigenvalue weighted by molar-refractivity contribution is 5.93. The van der Waals surface area contributed by atoms with Crippen LogP contribution < -0.4 is 10.6 Å². The van der Waals surface area contributed by atoms with Gasteiger partial charge in [0.25, 0.3) is 0 Å². The molecule has 0 aromatic heterocycles. The highest BCUT2D eigenvalue weighted by atomic mass is 16.6. The highest BCUT2D eigenvalue weighted by Crippen LogP contribution is 2.10. The lowest BCUT2D eigenvalue weighted by molar-refractivity contribution is -0.131. The first-order valence-corrected chi connectivity index (χ1v) is 9.35. The molecule has 0 heterocycles. The molecule has 0 saturated carbocycles. The molecule has 1 atom stereocenters. The molecular weight excluding hydrogens is 360 g/mol. The van der Waals surface area contributed by atoms with Crippen molar-refractivity contribution in [3.63, 3.8) is 0 Å². The van der Waals surface area contributed by atoms with Crippen LogP contribution in [0.25, 0.3) is 0 Å². The van der Waals surface area contributed by atoms with E-state index in [1.54, 1.807) is 34.6 Å². The van der Waals surface area contributed by atoms with Crippen molar-refractivity contribution in [3.05, 3.63) is 35.9 Å². The molecule has 0 aliphatic heterocycles. The third kappa shape index (κ3) is 8.99. The number of benzene rings is 1. The summed E-state index contributed by atoms with van der Waals surface area (Å²) < 4.78 is 10.8. The minimum atomic E-state index is -1.24. The van der Waals surface area contributed by atoms with Crippen LogP contribution in [0.2, 0.25) is 0 Å². The van der Waals surface area contributed by atoms with E-state index in [4.69, 9.17) is 9.47 Å². The summed E-state index contributed by atoms with van der Waals surface area (Å²) >= 11 is 0. The Morgan fingerprint density at radius 1 is 1.04 bits per heavy atom. The van der Waals surface area contributed by atoms with E-state index in [0.717, 1.165) is 5.56 Å². The SMILES string of the molecule is CC(=O)[C@@H](CCOCc1ccccc1)NC(=O)C(C)(C)NC(=O)OC(C)(C)C. The number of hydrogen-bond acceptors (Lipinski definition) is 5. The van der Waals surface area contributed by atoms with Crippen LogP contribution in [0.5, 0.6) is 0 Å². The molecule has 156 valence electrons. The molecular formula is C21H32N2O5. The summed E-state index contributed by atoms with van der Waals surface area (Å²) in [5, 5.41) is 5.21. The third-order valence-electron chi connectivity index (χ3n) is 3.84. The van der Waals surface area contributed by atoms with E-state index < -0.39 is 29.2 Å². The molecule has 1 rings (SSSR count). The van der Waals surface area contributed by atoms with Gasteiger partial charge in [0.05, 0.1) is 12.6 Å². The molecule has 0 saturated heterocycles. The maximum absolute atomic E-state index is 12.6. The van der Waals surface area contributed by atoms with E-state index in [9.17, 15) is 14.4 Å². The lowest BCUT2D eigenvalue weighted by Gasteiger charge is -2.29. The van der Waals surface area contributed by atoms with Crippen molar-refractivity contribution in [1.82, 2.24) is 10.6 Å². The Morgan fingerprint density at radius 2 is 1.64 bits per heavy atom. The summed E-state index contributed by atoms with van der Waals surface area (Å²) in [6, 6.07) is 9.00. The molecule has 7 nitrogen and oxygen atoms in total. The minimum Gasteiger partial charge on any atom is -0.444 e. The maximum atomic E-state index is 12.6. The first kappa shape index (κ1) is 23.6. The molecule has 0 aliphatic carbocycles. The topological polar surface area (TPSA) is 93.7 Å². The fourth-order valence-electron chi connectivity index (χ4n) is 2.30. The van der Waals surface area contributed by atoms with Crippen molar-refractivity contribution < 1.29 is 23.9 Å². The summed E-state index contributed by atoms with van der Waals surface area (Å²) in [7, 11) is 0. The second-order valence-electron chi connectivity index (χ2n) is 8.22. The van der Waals surface area contributed by atoms with Crippen molar-refractivity contribution in [3.8, 4) is 0 Å². The monoisotopic (exact) mass is 392 g/mol. The fourth-order valence-corrected chi connectivity index (χ4v) is 2.30. The number of carbonyl (C=O) groups excluding carboxylic acids is 3. The standard InChI is InChI=1S/C21H32N2O5/c1-15(24)17(12-13-27-14-16-10-8-7-9-11-16)22-18(25)21(5,6)23-19(26)28-20(2,3)4/h7-11,17H,12-14H2,1-6H3,(H,22,25)(H,23,26)/t17-/m1/s1. The molecule has 2 amide bonds. The molecule has 0 bridgehead atoms. The summed E-state index contributed by atoms with van der Waals surface area (Å²) in [5.41, 5.74) is -0.871. The molecule has 1 aromatic carbocycles. The number of alkyl carbamates (subject to hydrolysis) is 1. The Morgan fingerprint density at radius 3 is 2.18 bits per heavy atom. The van der Waals surface area contributed by atoms with Gasteiger partial charge in [0.1, 0.15) is 11.1 Å². The molecule has 1 aromatic rings. The molecule has 2 N–H and O–H groups in total. The van der Waals surface area contributed by atoms with Gasteiger partial charge < -0.3 is 20.1 Å². The van der Waals surface area contributed by atoms with Crippen LogP contribution >= 0.6 is 0 Å². The number of nitrogens with one attached hydrogen (secondary N) is 2. The number of carbonyl (C=O) groups is 3. The van der Waals surface area contributed by atoms with Gasteiger partial charge in [-0.3, -0.25) is 9.59 Å². The number of ether oxygens (including phenoxy) is 2. The first-order valence-electron chi connectivity index (χ1n) is 9.35. The van der Waals surface area contributed by atoms with Crippen molar-refractivity contribution in [1.29, 1.82) is 0 Å². The normalized spacial score (nSPS) is 12.8. The van der Waals surface area contributed by atoms with Crippen LogP contribution in [0, 0.1) is 0 Å². The van der Waals surface area contributed by atoms with E-state index in [1.165, 1.54) is 6.92 Å². The summed E-state index contributed by atoms with van der Waals surface area (Å²) in [4.78, 5) is 36.4. The number of rotatable bonds is 9. The van der Waals surface area contributed by atoms with Gasteiger partial charge in [0.2, 0.25) is 5.91 Å². The zero-order valence-electron chi connectivity index (χ0n) is 17.6. The van der Waals surface area contributed by atoms with Crippen molar-refractivity contribution >= 4 is 17.8 Å². The largest absolute Gasteiger partial charge is 0.444 e. The third-order valence-corrected chi connectivity index (χ3v) is 3.84. The Labute approximate surface area is 167 Å². The Kier molecular flexibility index (Phi) is 8.63. The first-order chi connectivity index (χ1) is 12.9. The molecule has 0 fully saturated rings. The summed E-state index contributed by atoms with van der Waals surface area (Å²) in [5.74, 6) is -0.647. The average Bonchev–Trinajstić information content (AvgIpc) is 2.55. The second kappa shape index (κ2) is 10.2. The zero-order valence-corrected chi connectivity index (χ0v) is 17.6. The van der Waals surface area contributed by atoms with Crippen molar-refractivity contribution in [2.75, 3.05) is 6.61 Å². The van der Waals surface area contributed by atoms with Gasteiger partial charge in [-0.1, -0.05) is 30.3 Å². The minimum absolute atomic E-state index is 0.176. The Bertz CT molecular complexity index is 665. The molecule has 0 radical (unpaired) electrons. The number of Topliss-reactive ketones (excluding diaryl/α,β-unsaturated/α-hetero) is 1. The van der Waals surface area contributed by atoms with Gasteiger partial charge in [0.15, 0.2) is 5.78 Å². The maximum Gasteiger partial charge on any atom is 0.408 e. The summed E-state index contributed by atoms with van der Waals surface area (Å²) in [6.45, 7) is 10.5. The molecule has 7 heteroatoms. The smallest absolute Gasteiger partial charge is 0.408 e. The predicted octanol–water partition coefficient (Wildman–Crippen LogP) is 2.97. The summed E-state index contributed by atoms with van der Waals surface area (Å²) in [6.07, 6.45) is -0.352. The van der Waals surface area contributed by atoms with Crippen molar-refractivity contribution in [2.24, 2.45) is 0 Å². The van der Waals surface area contributed by atoms with Crippen LogP contribution in [-0.4, -0.2) is 41.6 Å². The number of hydrogen-bond donors (Lipinski definition) is 2. The van der Waals surface area contributed by atoms with Gasteiger partial charge in [0, 0.05) is 6.61 Å². The highest BCUT2D eigenvalue weighted by Gasteiger charge is 2.33. The van der Waals surface area contributed by atoms with E-state index in [-0.39, 0.29) is 5.78 Å². The van der Waals surface area contributed by atoms with Gasteiger partial charge in [-0.15, -0.1) is 0 Å². The van der Waals surface area contributed by atoms with E-state index >= 15 is 0 Å². The van der Waals surface area contributed by atoms with Crippen molar-refractivity contribution in [2.45, 2.75) is 71.8 Å². The van der Waals surface area contributed by atoms with Gasteiger partial charge >= 0.3 is 6.09 Å². The number of ketones is 1. The molecule has 0 spiro atoms. The zero-order chi connectivity index (χ0) is 21.4. The molecule has 0 aliphatic rings. The van der Waals surface area contributed by atoms with Crippen LogP contribution in [0.15, 0.2) is 30.3 Å². The van der Waals surface area contributed by atoms with Crippen LogP contribution in [0.1, 0.15) is 53.5 Å². The van der Waals surface area contributed by atoms with Gasteiger partial charge in [-0.2, -0.15) is 0 Å². The molecule has 0 unspecified atom stereocenters. The lowest BCUT2D eigenvalue weighted by Crippen LogP contribution is -2.58. The second-order valence-corrected chi connectivity index (χ2v) is 8.22. The Hall–Kier alpha value is -2.41. The van der Waals surface area contributed by atoms with Crippen LogP contribution in [-0.2, 0) is 25.7 Å². The lowest BCUT2D eigenvalue weighted by atomic mass is 10.0.